The monoisotopic (exact) mass is 377 g/mol. The van der Waals surface area contributed by atoms with Crippen LogP contribution >= 0.6 is 11.8 Å². The number of aromatic nitrogens is 3. The van der Waals surface area contributed by atoms with Gasteiger partial charge in [0, 0.05) is 29.3 Å². The lowest BCUT2D eigenvalue weighted by Crippen LogP contribution is -2.02. The number of thioether (sulfide) groups is 1. The van der Waals surface area contributed by atoms with Crippen LogP contribution in [0.1, 0.15) is 18.1 Å². The van der Waals surface area contributed by atoms with Crippen LogP contribution in [0.2, 0.25) is 0 Å². The lowest BCUT2D eigenvalue weighted by Gasteiger charge is -2.08. The summed E-state index contributed by atoms with van der Waals surface area (Å²) in [6, 6.07) is 17.5. The summed E-state index contributed by atoms with van der Waals surface area (Å²) in [5.74, 6) is 1.48. The minimum atomic E-state index is -0.328. The van der Waals surface area contributed by atoms with Crippen molar-refractivity contribution >= 4 is 22.7 Å². The van der Waals surface area contributed by atoms with Crippen molar-refractivity contribution in [3.05, 3.63) is 76.1 Å². The standard InChI is InChI=1S/C21H19N3O2S/c1-3-24-20(15-7-5-4-6-8-15)22-23-21(24)27-13-16-12-19(25)26-18-11-14(2)9-10-17(16)18/h4-12H,3,13H2,1-2H3. The summed E-state index contributed by atoms with van der Waals surface area (Å²) in [6.45, 7) is 4.83. The molecule has 0 saturated heterocycles. The average Bonchev–Trinajstić information content (AvgIpc) is 3.09. The number of aryl methyl sites for hydroxylation is 1. The average molecular weight is 377 g/mol. The molecule has 0 atom stereocenters. The van der Waals surface area contributed by atoms with Gasteiger partial charge in [0.25, 0.3) is 0 Å². The van der Waals surface area contributed by atoms with Gasteiger partial charge in [0.1, 0.15) is 5.58 Å². The molecule has 0 radical (unpaired) electrons. The zero-order chi connectivity index (χ0) is 18.8. The third-order valence-electron chi connectivity index (χ3n) is 4.41. The SMILES string of the molecule is CCn1c(SCc2cc(=O)oc3cc(C)ccc23)nnc1-c1ccccc1. The first-order chi connectivity index (χ1) is 13.2. The molecule has 4 aromatic rings. The maximum atomic E-state index is 11.9. The van der Waals surface area contributed by atoms with Gasteiger partial charge >= 0.3 is 5.63 Å². The molecule has 0 bridgehead atoms. The number of nitrogens with zero attached hydrogens (tertiary/aromatic N) is 3. The van der Waals surface area contributed by atoms with Gasteiger partial charge in [-0.25, -0.2) is 4.79 Å². The topological polar surface area (TPSA) is 60.9 Å². The van der Waals surface area contributed by atoms with E-state index in [1.807, 2.05) is 55.5 Å². The van der Waals surface area contributed by atoms with E-state index in [0.717, 1.165) is 39.6 Å². The Morgan fingerprint density at radius 3 is 2.67 bits per heavy atom. The quantitative estimate of drug-likeness (QED) is 0.373. The summed E-state index contributed by atoms with van der Waals surface area (Å²) < 4.78 is 7.44. The summed E-state index contributed by atoms with van der Waals surface area (Å²) in [4.78, 5) is 11.9. The molecule has 2 aromatic heterocycles. The summed E-state index contributed by atoms with van der Waals surface area (Å²) in [5.41, 5.74) is 3.34. The van der Waals surface area contributed by atoms with E-state index in [1.165, 1.54) is 0 Å². The molecule has 2 heterocycles. The van der Waals surface area contributed by atoms with E-state index in [4.69, 9.17) is 4.42 Å². The molecule has 0 aliphatic heterocycles. The molecule has 27 heavy (non-hydrogen) atoms. The Kier molecular flexibility index (Phi) is 4.81. The molecule has 0 saturated carbocycles. The number of benzene rings is 2. The molecule has 136 valence electrons. The highest BCUT2D eigenvalue weighted by Crippen LogP contribution is 2.28. The first-order valence-electron chi connectivity index (χ1n) is 8.80. The van der Waals surface area contributed by atoms with Crippen molar-refractivity contribution in [2.24, 2.45) is 0 Å². The summed E-state index contributed by atoms with van der Waals surface area (Å²) in [6.07, 6.45) is 0. The fourth-order valence-electron chi connectivity index (χ4n) is 3.08. The first-order valence-corrected chi connectivity index (χ1v) is 9.79. The first kappa shape index (κ1) is 17.5. The predicted molar refractivity (Wildman–Crippen MR) is 108 cm³/mol. The Morgan fingerprint density at radius 1 is 1.07 bits per heavy atom. The van der Waals surface area contributed by atoms with Crippen LogP contribution in [-0.2, 0) is 12.3 Å². The molecule has 0 aliphatic rings. The Hall–Kier alpha value is -2.86. The van der Waals surface area contributed by atoms with Gasteiger partial charge in [-0.2, -0.15) is 0 Å². The molecule has 2 aromatic carbocycles. The molecule has 0 N–H and O–H groups in total. The third kappa shape index (κ3) is 3.53. The van der Waals surface area contributed by atoms with E-state index in [0.29, 0.717) is 11.3 Å². The van der Waals surface area contributed by atoms with Gasteiger partial charge < -0.3 is 8.98 Å². The van der Waals surface area contributed by atoms with Crippen LogP contribution in [0.5, 0.6) is 0 Å². The Balaban J connectivity index is 1.66. The Bertz CT molecular complexity index is 1150. The van der Waals surface area contributed by atoms with Crippen molar-refractivity contribution in [2.75, 3.05) is 0 Å². The van der Waals surface area contributed by atoms with Gasteiger partial charge in [-0.1, -0.05) is 54.2 Å². The minimum absolute atomic E-state index is 0.328. The number of rotatable bonds is 5. The van der Waals surface area contributed by atoms with Crippen molar-refractivity contribution in [2.45, 2.75) is 31.3 Å². The van der Waals surface area contributed by atoms with Crippen LogP contribution < -0.4 is 5.63 Å². The van der Waals surface area contributed by atoms with Crippen LogP contribution in [0.3, 0.4) is 0 Å². The fourth-order valence-corrected chi connectivity index (χ4v) is 4.07. The number of hydrogen-bond acceptors (Lipinski definition) is 5. The lowest BCUT2D eigenvalue weighted by molar-refractivity contribution is 0.559. The molecule has 0 aliphatic carbocycles. The second kappa shape index (κ2) is 7.40. The van der Waals surface area contributed by atoms with E-state index in [1.54, 1.807) is 17.8 Å². The second-order valence-electron chi connectivity index (χ2n) is 6.30. The minimum Gasteiger partial charge on any atom is -0.423 e. The van der Waals surface area contributed by atoms with Crippen molar-refractivity contribution in [1.82, 2.24) is 14.8 Å². The van der Waals surface area contributed by atoms with Crippen molar-refractivity contribution in [3.8, 4) is 11.4 Å². The summed E-state index contributed by atoms with van der Waals surface area (Å²) >= 11 is 1.58. The van der Waals surface area contributed by atoms with Gasteiger partial charge in [0.15, 0.2) is 11.0 Å². The fraction of sp³-hybridized carbons (Fsp3) is 0.190. The van der Waals surface area contributed by atoms with E-state index in [-0.39, 0.29) is 5.63 Å². The smallest absolute Gasteiger partial charge is 0.336 e. The van der Waals surface area contributed by atoms with Gasteiger partial charge in [0.2, 0.25) is 0 Å². The maximum Gasteiger partial charge on any atom is 0.336 e. The molecule has 0 unspecified atom stereocenters. The third-order valence-corrected chi connectivity index (χ3v) is 5.42. The lowest BCUT2D eigenvalue weighted by atomic mass is 10.1. The van der Waals surface area contributed by atoms with Crippen LogP contribution in [-0.4, -0.2) is 14.8 Å². The highest BCUT2D eigenvalue weighted by atomic mass is 32.2. The van der Waals surface area contributed by atoms with E-state index >= 15 is 0 Å². The van der Waals surface area contributed by atoms with Crippen molar-refractivity contribution in [1.29, 1.82) is 0 Å². The molecule has 0 spiro atoms. The summed E-state index contributed by atoms with van der Waals surface area (Å²) in [5, 5.41) is 10.5. The largest absolute Gasteiger partial charge is 0.423 e. The molecular formula is C21H19N3O2S. The summed E-state index contributed by atoms with van der Waals surface area (Å²) in [7, 11) is 0. The zero-order valence-corrected chi connectivity index (χ0v) is 16.0. The number of fused-ring (bicyclic) bond motifs is 1. The van der Waals surface area contributed by atoms with Crippen molar-refractivity contribution < 1.29 is 4.42 Å². The normalized spacial score (nSPS) is 11.2. The van der Waals surface area contributed by atoms with Gasteiger partial charge in [-0.05, 0) is 31.0 Å². The van der Waals surface area contributed by atoms with E-state index < -0.39 is 0 Å². The van der Waals surface area contributed by atoms with Gasteiger partial charge in [-0.15, -0.1) is 10.2 Å². The van der Waals surface area contributed by atoms with Gasteiger partial charge in [0.05, 0.1) is 0 Å². The Labute approximate surface area is 161 Å². The van der Waals surface area contributed by atoms with Crippen LogP contribution in [0, 0.1) is 6.92 Å². The molecule has 0 amide bonds. The molecular weight excluding hydrogens is 358 g/mol. The van der Waals surface area contributed by atoms with E-state index in [2.05, 4.69) is 21.7 Å². The molecule has 0 fully saturated rings. The van der Waals surface area contributed by atoms with Crippen LogP contribution in [0.25, 0.3) is 22.4 Å². The predicted octanol–water partition coefficient (Wildman–Crippen LogP) is 4.67. The molecule has 6 heteroatoms. The van der Waals surface area contributed by atoms with Gasteiger partial charge in [-0.3, -0.25) is 0 Å². The molecule has 4 rings (SSSR count). The number of hydrogen-bond donors (Lipinski definition) is 0. The maximum absolute atomic E-state index is 11.9. The Morgan fingerprint density at radius 2 is 1.89 bits per heavy atom. The van der Waals surface area contributed by atoms with Crippen LogP contribution in [0.4, 0.5) is 0 Å². The second-order valence-corrected chi connectivity index (χ2v) is 7.24. The zero-order valence-electron chi connectivity index (χ0n) is 15.2. The van der Waals surface area contributed by atoms with Crippen molar-refractivity contribution in [3.63, 3.8) is 0 Å². The highest BCUT2D eigenvalue weighted by Gasteiger charge is 2.14. The van der Waals surface area contributed by atoms with Crippen LogP contribution in [0.15, 0.2) is 69.0 Å². The van der Waals surface area contributed by atoms with E-state index in [9.17, 15) is 4.79 Å². The highest BCUT2D eigenvalue weighted by molar-refractivity contribution is 7.98. The molecule has 5 nitrogen and oxygen atoms in total.